The second-order valence-corrected chi connectivity index (χ2v) is 10.8. The molecule has 0 aliphatic heterocycles. The zero-order chi connectivity index (χ0) is 31.0. The second-order valence-electron chi connectivity index (χ2n) is 10.4. The van der Waals surface area contributed by atoms with E-state index in [4.69, 9.17) is 16.3 Å². The lowest BCUT2D eigenvalue weighted by Gasteiger charge is -2.23. The van der Waals surface area contributed by atoms with Gasteiger partial charge in [0.2, 0.25) is 11.8 Å². The highest BCUT2D eigenvalue weighted by molar-refractivity contribution is 6.30. The van der Waals surface area contributed by atoms with Crippen molar-refractivity contribution >= 4 is 29.3 Å². The standard InChI is InChI=1S/C31H34ClF3N6O2/c1-20-18-24(43-28-14-16-37-29(40-28)36-15-4-5-17-41(2)3)11-13-27(20)39-30(42)38-23-10-12-25(26(19-23)31(33,34)35)21-6-8-22(32)9-7-21/h6-12,14,16,18-19,27H,4-5,13,15,17H2,1-3H3,(H,36,37,40)(H2,38,39,42). The molecule has 8 nitrogen and oxygen atoms in total. The van der Waals surface area contributed by atoms with E-state index in [9.17, 15) is 18.0 Å². The van der Waals surface area contributed by atoms with Gasteiger partial charge in [-0.3, -0.25) is 0 Å². The molecule has 0 fully saturated rings. The van der Waals surface area contributed by atoms with Crippen LogP contribution in [0.25, 0.3) is 11.1 Å². The number of halogens is 4. The molecule has 0 radical (unpaired) electrons. The van der Waals surface area contributed by atoms with Crippen molar-refractivity contribution in [2.75, 3.05) is 37.8 Å². The Hall–Kier alpha value is -4.09. The number of ether oxygens (including phenoxy) is 1. The molecule has 1 aromatic heterocycles. The van der Waals surface area contributed by atoms with Crippen LogP contribution in [0.4, 0.5) is 29.6 Å². The summed E-state index contributed by atoms with van der Waals surface area (Å²) in [4.78, 5) is 23.5. The Bertz CT molecular complexity index is 1480. The van der Waals surface area contributed by atoms with Gasteiger partial charge in [0, 0.05) is 29.5 Å². The normalized spacial score (nSPS) is 15.0. The minimum atomic E-state index is -4.63. The van der Waals surface area contributed by atoms with E-state index in [1.54, 1.807) is 18.3 Å². The van der Waals surface area contributed by atoms with Crippen LogP contribution >= 0.6 is 11.6 Å². The fourth-order valence-electron chi connectivity index (χ4n) is 4.47. The maximum absolute atomic E-state index is 13.9. The zero-order valence-corrected chi connectivity index (χ0v) is 24.9. The number of benzene rings is 2. The molecule has 1 unspecified atom stereocenters. The Morgan fingerprint density at radius 2 is 1.88 bits per heavy atom. The number of aromatic nitrogens is 2. The van der Waals surface area contributed by atoms with Crippen LogP contribution in [0.3, 0.4) is 0 Å². The minimum absolute atomic E-state index is 0.00885. The lowest BCUT2D eigenvalue weighted by atomic mass is 9.98. The van der Waals surface area contributed by atoms with Crippen molar-refractivity contribution in [1.82, 2.24) is 20.2 Å². The molecule has 43 heavy (non-hydrogen) atoms. The number of urea groups is 1. The van der Waals surface area contributed by atoms with Crippen molar-refractivity contribution in [3.63, 3.8) is 0 Å². The Morgan fingerprint density at radius 3 is 2.58 bits per heavy atom. The number of carbonyl (C=O) groups excluding carboxylic acids is 1. The molecule has 4 rings (SSSR count). The Kier molecular flexibility index (Phi) is 10.7. The Labute approximate surface area is 254 Å². The summed E-state index contributed by atoms with van der Waals surface area (Å²) < 4.78 is 47.6. The average Bonchev–Trinajstić information content (AvgIpc) is 2.94. The van der Waals surface area contributed by atoms with Crippen molar-refractivity contribution in [2.24, 2.45) is 0 Å². The topological polar surface area (TPSA) is 91.4 Å². The predicted octanol–water partition coefficient (Wildman–Crippen LogP) is 7.37. The van der Waals surface area contributed by atoms with Gasteiger partial charge in [-0.2, -0.15) is 18.2 Å². The number of anilines is 2. The van der Waals surface area contributed by atoms with E-state index < -0.39 is 17.8 Å². The van der Waals surface area contributed by atoms with Gasteiger partial charge in [0.25, 0.3) is 0 Å². The number of rotatable bonds is 11. The van der Waals surface area contributed by atoms with E-state index in [0.29, 0.717) is 34.6 Å². The van der Waals surface area contributed by atoms with Crippen molar-refractivity contribution in [1.29, 1.82) is 0 Å². The number of nitrogens with one attached hydrogen (secondary N) is 3. The largest absolute Gasteiger partial charge is 0.439 e. The first-order chi connectivity index (χ1) is 20.5. The number of alkyl halides is 3. The molecule has 228 valence electrons. The highest BCUT2D eigenvalue weighted by Gasteiger charge is 2.34. The number of carbonyl (C=O) groups is 1. The van der Waals surface area contributed by atoms with E-state index in [0.717, 1.165) is 37.6 Å². The fraction of sp³-hybridized carbons (Fsp3) is 0.323. The predicted molar refractivity (Wildman–Crippen MR) is 163 cm³/mol. The lowest BCUT2D eigenvalue weighted by Crippen LogP contribution is -2.39. The van der Waals surface area contributed by atoms with Crippen LogP contribution in [0, 0.1) is 0 Å². The van der Waals surface area contributed by atoms with E-state index in [1.165, 1.54) is 36.4 Å². The second kappa shape index (κ2) is 14.4. The van der Waals surface area contributed by atoms with Crippen LogP contribution < -0.4 is 20.7 Å². The maximum atomic E-state index is 13.9. The number of hydrogen-bond donors (Lipinski definition) is 3. The van der Waals surface area contributed by atoms with Gasteiger partial charge in [0.15, 0.2) is 0 Å². The maximum Gasteiger partial charge on any atom is 0.417 e. The first-order valence-corrected chi connectivity index (χ1v) is 14.2. The molecule has 0 spiro atoms. The number of allylic oxidation sites excluding steroid dienone is 1. The van der Waals surface area contributed by atoms with Crippen LogP contribution in [0.2, 0.25) is 5.02 Å². The summed E-state index contributed by atoms with van der Waals surface area (Å²) in [7, 11) is 4.08. The Balaban J connectivity index is 1.33. The fourth-order valence-corrected chi connectivity index (χ4v) is 4.59. The number of nitrogens with zero attached hydrogens (tertiary/aromatic N) is 3. The van der Waals surface area contributed by atoms with Crippen molar-refractivity contribution in [2.45, 2.75) is 38.4 Å². The van der Waals surface area contributed by atoms with Gasteiger partial charge in [-0.25, -0.2) is 9.78 Å². The van der Waals surface area contributed by atoms with E-state index >= 15 is 0 Å². The molecule has 1 aliphatic carbocycles. The van der Waals surface area contributed by atoms with Crippen LogP contribution in [-0.4, -0.2) is 54.1 Å². The monoisotopic (exact) mass is 614 g/mol. The molecule has 2 amide bonds. The van der Waals surface area contributed by atoms with Crippen LogP contribution in [0.5, 0.6) is 5.88 Å². The quantitative estimate of drug-likeness (QED) is 0.195. The Morgan fingerprint density at radius 1 is 1.12 bits per heavy atom. The highest BCUT2D eigenvalue weighted by atomic mass is 35.5. The SMILES string of the molecule is CC1=CC(Oc2ccnc(NCCCCN(C)C)n2)=CCC1NC(=O)Nc1ccc(-c2ccc(Cl)cc2)c(C(F)(F)F)c1. The molecule has 0 saturated carbocycles. The number of amides is 2. The molecular weight excluding hydrogens is 581 g/mol. The summed E-state index contributed by atoms with van der Waals surface area (Å²) in [6.07, 6.45) is 3.07. The molecule has 12 heteroatoms. The molecule has 0 saturated heterocycles. The molecular formula is C31H34ClF3N6O2. The van der Waals surface area contributed by atoms with Gasteiger partial charge >= 0.3 is 12.2 Å². The summed E-state index contributed by atoms with van der Waals surface area (Å²) in [6.45, 7) is 3.60. The first-order valence-electron chi connectivity index (χ1n) is 13.8. The molecule has 3 N–H and O–H groups in total. The van der Waals surface area contributed by atoms with Crippen LogP contribution in [0.15, 0.2) is 78.2 Å². The van der Waals surface area contributed by atoms with Gasteiger partial charge in [-0.05, 0) is 99.9 Å². The van der Waals surface area contributed by atoms with Gasteiger partial charge in [-0.1, -0.05) is 29.8 Å². The average molecular weight is 615 g/mol. The third kappa shape index (κ3) is 9.45. The van der Waals surface area contributed by atoms with Gasteiger partial charge < -0.3 is 25.6 Å². The van der Waals surface area contributed by atoms with Gasteiger partial charge in [0.05, 0.1) is 11.6 Å². The molecule has 2 aromatic carbocycles. The van der Waals surface area contributed by atoms with E-state index in [2.05, 4.69) is 30.8 Å². The van der Waals surface area contributed by atoms with Gasteiger partial charge in [-0.15, -0.1) is 0 Å². The number of unbranched alkanes of at least 4 members (excludes halogenated alkanes) is 1. The molecule has 0 bridgehead atoms. The zero-order valence-electron chi connectivity index (χ0n) is 24.1. The summed E-state index contributed by atoms with van der Waals surface area (Å²) in [6, 6.07) is 10.4. The van der Waals surface area contributed by atoms with E-state index in [1.807, 2.05) is 27.1 Å². The van der Waals surface area contributed by atoms with Crippen molar-refractivity contribution in [3.8, 4) is 17.0 Å². The van der Waals surface area contributed by atoms with Crippen LogP contribution in [-0.2, 0) is 6.18 Å². The van der Waals surface area contributed by atoms with Gasteiger partial charge in [0.1, 0.15) is 5.76 Å². The molecule has 1 aliphatic rings. The summed E-state index contributed by atoms with van der Waals surface area (Å²) in [5.74, 6) is 1.43. The highest BCUT2D eigenvalue weighted by Crippen LogP contribution is 2.39. The third-order valence-corrected chi connectivity index (χ3v) is 6.94. The smallest absolute Gasteiger partial charge is 0.417 e. The van der Waals surface area contributed by atoms with Crippen molar-refractivity contribution < 1.29 is 22.7 Å². The summed E-state index contributed by atoms with van der Waals surface area (Å²) in [5.41, 5.74) is 0.329. The summed E-state index contributed by atoms with van der Waals surface area (Å²) >= 11 is 5.88. The first kappa shape index (κ1) is 31.8. The third-order valence-electron chi connectivity index (χ3n) is 6.69. The lowest BCUT2D eigenvalue weighted by molar-refractivity contribution is -0.137. The minimum Gasteiger partial charge on any atom is -0.439 e. The molecule has 1 heterocycles. The van der Waals surface area contributed by atoms with Crippen LogP contribution in [0.1, 0.15) is 31.7 Å². The molecule has 3 aromatic rings. The molecule has 1 atom stereocenters. The summed E-state index contributed by atoms with van der Waals surface area (Å²) in [5, 5.41) is 8.95. The van der Waals surface area contributed by atoms with Crippen molar-refractivity contribution in [3.05, 3.63) is 88.8 Å². The number of hydrogen-bond acceptors (Lipinski definition) is 6. The van der Waals surface area contributed by atoms with E-state index in [-0.39, 0.29) is 17.3 Å².